The van der Waals surface area contributed by atoms with E-state index in [-0.39, 0.29) is 0 Å². The van der Waals surface area contributed by atoms with E-state index in [0.29, 0.717) is 17.6 Å². The van der Waals surface area contributed by atoms with Crippen LogP contribution in [0, 0.1) is 5.92 Å². The second kappa shape index (κ2) is 3.31. The third-order valence-electron chi connectivity index (χ3n) is 2.64. The number of para-hydroxylation sites is 1. The van der Waals surface area contributed by atoms with Gasteiger partial charge < -0.3 is 10.8 Å². The number of hydrogen-bond donors (Lipinski definition) is 2. The van der Waals surface area contributed by atoms with Crippen LogP contribution in [0.1, 0.15) is 17.9 Å². The standard InChI is InChI=1S/C10H12BrNO/c11-9-3-1-2-7(10(9)13)8-4-6(8)5-12/h1-3,6,8,13H,4-5,12H2/t6-,8+/m0/s1. The molecule has 1 aliphatic carbocycles. The van der Waals surface area contributed by atoms with Crippen molar-refractivity contribution in [3.8, 4) is 5.75 Å². The van der Waals surface area contributed by atoms with Gasteiger partial charge in [-0.2, -0.15) is 0 Å². The van der Waals surface area contributed by atoms with Crippen LogP contribution in [0.4, 0.5) is 0 Å². The Morgan fingerprint density at radius 3 is 2.92 bits per heavy atom. The third kappa shape index (κ3) is 1.58. The van der Waals surface area contributed by atoms with Crippen molar-refractivity contribution in [2.75, 3.05) is 6.54 Å². The van der Waals surface area contributed by atoms with Gasteiger partial charge in [0.2, 0.25) is 0 Å². The molecule has 0 unspecified atom stereocenters. The molecule has 13 heavy (non-hydrogen) atoms. The van der Waals surface area contributed by atoms with Crippen LogP contribution in [0.5, 0.6) is 5.75 Å². The fourth-order valence-electron chi connectivity index (χ4n) is 1.72. The fraction of sp³-hybridized carbons (Fsp3) is 0.400. The predicted molar refractivity (Wildman–Crippen MR) is 55.7 cm³/mol. The number of halogens is 1. The smallest absolute Gasteiger partial charge is 0.133 e. The highest BCUT2D eigenvalue weighted by molar-refractivity contribution is 9.10. The predicted octanol–water partition coefficient (Wildman–Crippen LogP) is 2.22. The average molecular weight is 242 g/mol. The van der Waals surface area contributed by atoms with Gasteiger partial charge in [-0.25, -0.2) is 0 Å². The van der Waals surface area contributed by atoms with Gasteiger partial charge in [0.1, 0.15) is 5.75 Å². The van der Waals surface area contributed by atoms with Gasteiger partial charge in [-0.1, -0.05) is 12.1 Å². The molecule has 1 aromatic carbocycles. The zero-order chi connectivity index (χ0) is 9.42. The van der Waals surface area contributed by atoms with Crippen molar-refractivity contribution in [1.82, 2.24) is 0 Å². The number of benzene rings is 1. The average Bonchev–Trinajstić information content (AvgIpc) is 2.89. The maximum atomic E-state index is 9.73. The van der Waals surface area contributed by atoms with Crippen LogP contribution in [-0.4, -0.2) is 11.7 Å². The molecule has 2 rings (SSSR count). The summed E-state index contributed by atoms with van der Waals surface area (Å²) < 4.78 is 0.771. The Balaban J connectivity index is 2.27. The second-order valence-corrected chi connectivity index (χ2v) is 4.37. The van der Waals surface area contributed by atoms with E-state index in [0.717, 1.165) is 23.0 Å². The van der Waals surface area contributed by atoms with Gasteiger partial charge in [-0.3, -0.25) is 0 Å². The van der Waals surface area contributed by atoms with E-state index >= 15 is 0 Å². The molecule has 0 aromatic heterocycles. The lowest BCUT2D eigenvalue weighted by Gasteiger charge is -2.04. The Morgan fingerprint density at radius 2 is 2.31 bits per heavy atom. The minimum absolute atomic E-state index is 0.378. The molecule has 70 valence electrons. The normalized spacial score (nSPS) is 26.0. The van der Waals surface area contributed by atoms with Crippen molar-refractivity contribution in [3.05, 3.63) is 28.2 Å². The topological polar surface area (TPSA) is 46.2 Å². The number of phenols is 1. The van der Waals surface area contributed by atoms with Gasteiger partial charge in [-0.15, -0.1) is 0 Å². The van der Waals surface area contributed by atoms with E-state index in [1.807, 2.05) is 18.2 Å². The van der Waals surface area contributed by atoms with Crippen molar-refractivity contribution in [2.45, 2.75) is 12.3 Å². The molecule has 0 bridgehead atoms. The van der Waals surface area contributed by atoms with Gasteiger partial charge in [-0.05, 0) is 52.4 Å². The van der Waals surface area contributed by atoms with Gasteiger partial charge in [0.05, 0.1) is 4.47 Å². The summed E-state index contributed by atoms with van der Waals surface area (Å²) in [7, 11) is 0. The summed E-state index contributed by atoms with van der Waals surface area (Å²) in [5, 5.41) is 9.73. The van der Waals surface area contributed by atoms with Crippen LogP contribution >= 0.6 is 15.9 Å². The molecule has 1 fully saturated rings. The molecule has 3 heteroatoms. The highest BCUT2D eigenvalue weighted by Gasteiger charge is 2.38. The minimum Gasteiger partial charge on any atom is -0.506 e. The Kier molecular flexibility index (Phi) is 2.30. The van der Waals surface area contributed by atoms with Gasteiger partial charge >= 0.3 is 0 Å². The van der Waals surface area contributed by atoms with Gasteiger partial charge in [0.25, 0.3) is 0 Å². The lowest BCUT2D eigenvalue weighted by molar-refractivity contribution is 0.464. The van der Waals surface area contributed by atoms with Crippen LogP contribution in [0.15, 0.2) is 22.7 Å². The number of rotatable bonds is 2. The van der Waals surface area contributed by atoms with E-state index in [4.69, 9.17) is 5.73 Å². The Bertz CT molecular complexity index is 327. The first-order valence-electron chi connectivity index (χ1n) is 4.41. The number of aromatic hydroxyl groups is 1. The molecule has 3 N–H and O–H groups in total. The Labute approximate surface area is 85.9 Å². The molecule has 2 nitrogen and oxygen atoms in total. The van der Waals surface area contributed by atoms with Gasteiger partial charge in [0, 0.05) is 0 Å². The monoisotopic (exact) mass is 241 g/mol. The number of nitrogens with two attached hydrogens (primary N) is 1. The summed E-state index contributed by atoms with van der Waals surface area (Å²) in [5.41, 5.74) is 6.59. The van der Waals surface area contributed by atoms with Crippen LogP contribution in [0.3, 0.4) is 0 Å². The summed E-state index contributed by atoms with van der Waals surface area (Å²) in [6.45, 7) is 0.719. The summed E-state index contributed by atoms with van der Waals surface area (Å²) in [4.78, 5) is 0. The Hall–Kier alpha value is -0.540. The maximum absolute atomic E-state index is 9.73. The molecule has 0 heterocycles. The summed E-state index contributed by atoms with van der Waals surface area (Å²) >= 11 is 3.30. The Morgan fingerprint density at radius 1 is 1.54 bits per heavy atom. The molecule has 0 radical (unpaired) electrons. The van der Waals surface area contributed by atoms with E-state index in [1.54, 1.807) is 0 Å². The van der Waals surface area contributed by atoms with Crippen molar-refractivity contribution >= 4 is 15.9 Å². The molecule has 1 aromatic rings. The van der Waals surface area contributed by atoms with E-state index in [9.17, 15) is 5.11 Å². The first-order chi connectivity index (χ1) is 6.24. The summed E-state index contributed by atoms with van der Waals surface area (Å²) in [6, 6.07) is 5.77. The molecule has 1 saturated carbocycles. The fourth-order valence-corrected chi connectivity index (χ4v) is 2.10. The minimum atomic E-state index is 0.378. The molecule has 2 atom stereocenters. The first kappa shape index (κ1) is 9.03. The molecule has 1 aliphatic rings. The number of hydrogen-bond acceptors (Lipinski definition) is 2. The number of phenolic OH excluding ortho intramolecular Hbond substituents is 1. The van der Waals surface area contributed by atoms with E-state index in [1.165, 1.54) is 0 Å². The SMILES string of the molecule is NC[C@@H]1C[C@H]1c1cccc(Br)c1O. The lowest BCUT2D eigenvalue weighted by atomic mass is 10.1. The van der Waals surface area contributed by atoms with E-state index < -0.39 is 0 Å². The third-order valence-corrected chi connectivity index (χ3v) is 3.28. The molecule has 0 amide bonds. The molecule has 0 saturated heterocycles. The molecular weight excluding hydrogens is 230 g/mol. The molecule has 0 aliphatic heterocycles. The summed E-state index contributed by atoms with van der Waals surface area (Å²) in [6.07, 6.45) is 1.11. The first-order valence-corrected chi connectivity index (χ1v) is 5.20. The second-order valence-electron chi connectivity index (χ2n) is 3.52. The van der Waals surface area contributed by atoms with Crippen LogP contribution < -0.4 is 5.73 Å². The largest absolute Gasteiger partial charge is 0.506 e. The zero-order valence-corrected chi connectivity index (χ0v) is 8.79. The lowest BCUT2D eigenvalue weighted by Crippen LogP contribution is -2.02. The highest BCUT2D eigenvalue weighted by atomic mass is 79.9. The van der Waals surface area contributed by atoms with Crippen LogP contribution in [0.2, 0.25) is 0 Å². The van der Waals surface area contributed by atoms with Crippen molar-refractivity contribution in [2.24, 2.45) is 11.7 Å². The van der Waals surface area contributed by atoms with Gasteiger partial charge in [0.15, 0.2) is 0 Å². The van der Waals surface area contributed by atoms with Crippen molar-refractivity contribution < 1.29 is 5.11 Å². The van der Waals surface area contributed by atoms with Crippen molar-refractivity contribution in [3.63, 3.8) is 0 Å². The highest BCUT2D eigenvalue weighted by Crippen LogP contribution is 2.50. The maximum Gasteiger partial charge on any atom is 0.133 e. The van der Waals surface area contributed by atoms with Crippen LogP contribution in [0.25, 0.3) is 0 Å². The van der Waals surface area contributed by atoms with Crippen molar-refractivity contribution in [1.29, 1.82) is 0 Å². The van der Waals surface area contributed by atoms with E-state index in [2.05, 4.69) is 15.9 Å². The quantitative estimate of drug-likeness (QED) is 0.835. The zero-order valence-electron chi connectivity index (χ0n) is 7.20. The summed E-state index contributed by atoms with van der Waals surface area (Å²) in [5.74, 6) is 1.42. The molecule has 0 spiro atoms. The van der Waals surface area contributed by atoms with Crippen LogP contribution in [-0.2, 0) is 0 Å². The molecular formula is C10H12BrNO.